The zero-order valence-corrected chi connectivity index (χ0v) is 5.58. The lowest BCUT2D eigenvalue weighted by molar-refractivity contribution is -0.230. The third-order valence-corrected chi connectivity index (χ3v) is 1.16. The van der Waals surface area contributed by atoms with E-state index < -0.39 is 24.6 Å². The van der Waals surface area contributed by atoms with E-state index in [-0.39, 0.29) is 6.29 Å². The molecule has 0 rings (SSSR count). The molecule has 6 nitrogen and oxygen atoms in total. The van der Waals surface area contributed by atoms with Gasteiger partial charge < -0.3 is 25.5 Å². The lowest BCUT2D eigenvalue weighted by Crippen LogP contribution is -2.51. The van der Waals surface area contributed by atoms with Gasteiger partial charge in [0.1, 0.15) is 12.2 Å². The highest BCUT2D eigenvalue weighted by molar-refractivity contribution is 5.60. The third kappa shape index (κ3) is 2.52. The van der Waals surface area contributed by atoms with Gasteiger partial charge in [0.15, 0.2) is 6.29 Å². The lowest BCUT2D eigenvalue weighted by atomic mass is 10.1. The van der Waals surface area contributed by atoms with Crippen molar-refractivity contribution in [3.63, 3.8) is 0 Å². The Morgan fingerprint density at radius 3 is 2.09 bits per heavy atom. The van der Waals surface area contributed by atoms with Crippen LogP contribution in [-0.2, 0) is 4.79 Å². The van der Waals surface area contributed by atoms with Crippen LogP contribution in [0.3, 0.4) is 0 Å². The van der Waals surface area contributed by atoms with E-state index in [2.05, 4.69) is 0 Å². The van der Waals surface area contributed by atoms with E-state index in [0.717, 1.165) is 0 Å². The summed E-state index contributed by atoms with van der Waals surface area (Å²) in [5.74, 6) is -3.01. The number of rotatable bonds is 4. The number of aliphatic hydroxyl groups is 5. The average molecular weight is 166 g/mol. The summed E-state index contributed by atoms with van der Waals surface area (Å²) in [6.07, 6.45) is -4.20. The first-order chi connectivity index (χ1) is 4.95. The maximum absolute atomic E-state index is 9.84. The second kappa shape index (κ2) is 3.74. The van der Waals surface area contributed by atoms with E-state index in [1.165, 1.54) is 0 Å². The first kappa shape index (κ1) is 10.5. The normalized spacial score (nSPS) is 17.5. The zero-order chi connectivity index (χ0) is 9.07. The predicted octanol–water partition coefficient (Wildman–Crippen LogP) is -3.42. The maximum Gasteiger partial charge on any atom is 0.250 e. The molecule has 0 aromatic heterocycles. The van der Waals surface area contributed by atoms with E-state index in [9.17, 15) is 4.79 Å². The molecule has 0 aromatic carbocycles. The fraction of sp³-hybridized carbons (Fsp3) is 0.800. The molecule has 0 bridgehead atoms. The van der Waals surface area contributed by atoms with Gasteiger partial charge in [0.2, 0.25) is 0 Å². The molecule has 0 aliphatic rings. The molecule has 0 heterocycles. The van der Waals surface area contributed by atoms with Crippen molar-refractivity contribution >= 4 is 6.29 Å². The highest BCUT2D eigenvalue weighted by Crippen LogP contribution is 2.06. The number of carbonyl (C=O) groups excluding carboxylic acids is 1. The van der Waals surface area contributed by atoms with Gasteiger partial charge in [-0.1, -0.05) is 0 Å². The second-order valence-corrected chi connectivity index (χ2v) is 2.10. The number of hydrogen-bond acceptors (Lipinski definition) is 6. The van der Waals surface area contributed by atoms with Crippen molar-refractivity contribution in [2.24, 2.45) is 0 Å². The van der Waals surface area contributed by atoms with Gasteiger partial charge in [-0.25, -0.2) is 0 Å². The van der Waals surface area contributed by atoms with Gasteiger partial charge in [0, 0.05) is 0 Å². The molecule has 0 radical (unpaired) electrons. The molecule has 6 heteroatoms. The topological polar surface area (TPSA) is 118 Å². The standard InChI is InChI=1S/C5H10O6/c6-1-3(8)4(9)5(10,11)2-7/h2-4,6,8-11H,1H2/t3-,4+/m1/s1. The third-order valence-electron chi connectivity index (χ3n) is 1.16. The number of aldehydes is 1. The van der Waals surface area contributed by atoms with Gasteiger partial charge in [0.25, 0.3) is 5.79 Å². The molecule has 66 valence electrons. The summed E-state index contributed by atoms with van der Waals surface area (Å²) in [5, 5.41) is 42.7. The first-order valence-electron chi connectivity index (χ1n) is 2.83. The summed E-state index contributed by atoms with van der Waals surface area (Å²) in [4.78, 5) is 9.84. The molecular formula is C5H10O6. The largest absolute Gasteiger partial charge is 0.394 e. The van der Waals surface area contributed by atoms with Crippen molar-refractivity contribution in [2.75, 3.05) is 6.61 Å². The lowest BCUT2D eigenvalue weighted by Gasteiger charge is -2.24. The summed E-state index contributed by atoms with van der Waals surface area (Å²) in [6.45, 7) is -0.863. The van der Waals surface area contributed by atoms with Crippen LogP contribution < -0.4 is 0 Å². The van der Waals surface area contributed by atoms with E-state index >= 15 is 0 Å². The predicted molar refractivity (Wildman–Crippen MR) is 32.3 cm³/mol. The summed E-state index contributed by atoms with van der Waals surface area (Å²) in [6, 6.07) is 0. The van der Waals surface area contributed by atoms with Crippen LogP contribution in [0.2, 0.25) is 0 Å². The fourth-order valence-electron chi connectivity index (χ4n) is 0.453. The van der Waals surface area contributed by atoms with Crippen LogP contribution in [0, 0.1) is 0 Å². The quantitative estimate of drug-likeness (QED) is 0.219. The molecule has 0 aliphatic heterocycles. The molecule has 0 saturated heterocycles. The Kier molecular flexibility index (Phi) is 3.56. The minimum absolute atomic E-state index is 0.337. The summed E-state index contributed by atoms with van der Waals surface area (Å²) < 4.78 is 0. The summed E-state index contributed by atoms with van der Waals surface area (Å²) in [5.41, 5.74) is 0. The average Bonchev–Trinajstić information content (AvgIpc) is 2.01. The van der Waals surface area contributed by atoms with Gasteiger partial charge in [-0.3, -0.25) is 4.79 Å². The van der Waals surface area contributed by atoms with Gasteiger partial charge in [-0.15, -0.1) is 0 Å². The molecule has 0 unspecified atom stereocenters. The highest BCUT2D eigenvalue weighted by atomic mass is 16.5. The molecule has 0 spiro atoms. The van der Waals surface area contributed by atoms with Crippen molar-refractivity contribution < 1.29 is 30.3 Å². The number of aliphatic hydroxyl groups excluding tert-OH is 3. The van der Waals surface area contributed by atoms with Crippen LogP contribution in [0.25, 0.3) is 0 Å². The van der Waals surface area contributed by atoms with E-state index in [1.54, 1.807) is 0 Å². The van der Waals surface area contributed by atoms with Crippen LogP contribution in [0.15, 0.2) is 0 Å². The fourth-order valence-corrected chi connectivity index (χ4v) is 0.453. The van der Waals surface area contributed by atoms with Crippen molar-refractivity contribution in [2.45, 2.75) is 18.0 Å². The Morgan fingerprint density at radius 1 is 1.36 bits per heavy atom. The van der Waals surface area contributed by atoms with E-state index in [0.29, 0.717) is 0 Å². The van der Waals surface area contributed by atoms with Crippen LogP contribution in [0.1, 0.15) is 0 Å². The van der Waals surface area contributed by atoms with Gasteiger partial charge in [0.05, 0.1) is 6.61 Å². The van der Waals surface area contributed by atoms with Crippen LogP contribution in [0.4, 0.5) is 0 Å². The molecular weight excluding hydrogens is 156 g/mol. The number of hydrogen-bond donors (Lipinski definition) is 5. The minimum Gasteiger partial charge on any atom is -0.394 e. The SMILES string of the molecule is O=CC(O)(O)[C@@H](O)[C@H](O)CO. The smallest absolute Gasteiger partial charge is 0.250 e. The van der Waals surface area contributed by atoms with Crippen LogP contribution in [0.5, 0.6) is 0 Å². The highest BCUT2D eigenvalue weighted by Gasteiger charge is 2.37. The van der Waals surface area contributed by atoms with Crippen molar-refractivity contribution in [3.05, 3.63) is 0 Å². The minimum atomic E-state index is -3.01. The molecule has 0 amide bonds. The molecule has 0 aliphatic carbocycles. The van der Waals surface area contributed by atoms with Crippen LogP contribution in [-0.4, -0.2) is 56.4 Å². The molecule has 0 aromatic rings. The maximum atomic E-state index is 9.84. The monoisotopic (exact) mass is 166 g/mol. The summed E-state index contributed by atoms with van der Waals surface area (Å²) in [7, 11) is 0. The van der Waals surface area contributed by atoms with Crippen LogP contribution >= 0.6 is 0 Å². The van der Waals surface area contributed by atoms with E-state index in [4.69, 9.17) is 25.5 Å². The molecule has 0 saturated carbocycles. The Labute approximate surface area is 62.3 Å². The van der Waals surface area contributed by atoms with Gasteiger partial charge in [-0.2, -0.15) is 0 Å². The molecule has 0 fully saturated rings. The number of carbonyl (C=O) groups is 1. The van der Waals surface area contributed by atoms with Crippen molar-refractivity contribution in [1.82, 2.24) is 0 Å². The van der Waals surface area contributed by atoms with Crippen molar-refractivity contribution in [1.29, 1.82) is 0 Å². The molecule has 11 heavy (non-hydrogen) atoms. The van der Waals surface area contributed by atoms with Gasteiger partial charge >= 0.3 is 0 Å². The Balaban J connectivity index is 4.21. The van der Waals surface area contributed by atoms with Gasteiger partial charge in [-0.05, 0) is 0 Å². The Bertz CT molecular complexity index is 133. The first-order valence-corrected chi connectivity index (χ1v) is 2.83. The summed E-state index contributed by atoms with van der Waals surface area (Å²) >= 11 is 0. The Hall–Kier alpha value is -0.530. The van der Waals surface area contributed by atoms with Crippen molar-refractivity contribution in [3.8, 4) is 0 Å². The molecule has 2 atom stereocenters. The Morgan fingerprint density at radius 2 is 1.82 bits per heavy atom. The molecule has 5 N–H and O–H groups in total. The second-order valence-electron chi connectivity index (χ2n) is 2.10. The van der Waals surface area contributed by atoms with E-state index in [1.807, 2.05) is 0 Å². The zero-order valence-electron chi connectivity index (χ0n) is 5.58.